The quantitative estimate of drug-likeness (QED) is 0.396. The van der Waals surface area contributed by atoms with Crippen LogP contribution in [-0.2, 0) is 14.8 Å². The number of nitrogens with one attached hydrogen (secondary N) is 1. The van der Waals surface area contributed by atoms with Crippen molar-refractivity contribution in [3.05, 3.63) is 53.3 Å². The Balaban J connectivity index is 1.62. The highest BCUT2D eigenvalue weighted by atomic mass is 32.2. The van der Waals surface area contributed by atoms with Crippen LogP contribution in [0.15, 0.2) is 36.4 Å². The van der Waals surface area contributed by atoms with Gasteiger partial charge in [0.15, 0.2) is 23.1 Å². The van der Waals surface area contributed by atoms with Gasteiger partial charge in [-0.05, 0) is 41.8 Å². The number of likely N-dealkylation sites (tertiary alicyclic amines) is 1. The molecule has 11 heteroatoms. The van der Waals surface area contributed by atoms with E-state index in [1.54, 1.807) is 18.2 Å². The van der Waals surface area contributed by atoms with Gasteiger partial charge in [-0.3, -0.25) is 9.69 Å². The van der Waals surface area contributed by atoms with Crippen molar-refractivity contribution in [2.45, 2.75) is 38.1 Å². The SMILES string of the molecule is CCCCCS(=O)(=O)NCCN1C[C@H](c2ccc3c(c2)OCO3)[C@@H](C(=O)O)[C@@H]1c1ccc(OC)c(F)c1. The molecule has 0 amide bonds. The van der Waals surface area contributed by atoms with Crippen molar-refractivity contribution >= 4 is 16.0 Å². The number of carboxylic acid groups (broad SMARTS) is 1. The van der Waals surface area contributed by atoms with Gasteiger partial charge in [0.2, 0.25) is 16.8 Å². The highest BCUT2D eigenvalue weighted by molar-refractivity contribution is 7.89. The van der Waals surface area contributed by atoms with Gasteiger partial charge in [0, 0.05) is 31.6 Å². The van der Waals surface area contributed by atoms with Gasteiger partial charge in [-0.25, -0.2) is 17.5 Å². The zero-order valence-electron chi connectivity index (χ0n) is 21.0. The number of carbonyl (C=O) groups is 1. The first-order valence-corrected chi connectivity index (χ1v) is 14.1. The molecule has 2 aromatic rings. The molecule has 2 aliphatic heterocycles. The Bertz CT molecular complexity index is 1220. The summed E-state index contributed by atoms with van der Waals surface area (Å²) < 4.78 is 58.0. The lowest BCUT2D eigenvalue weighted by Crippen LogP contribution is -2.37. The second-order valence-corrected chi connectivity index (χ2v) is 11.3. The number of aliphatic carboxylic acids is 1. The number of rotatable bonds is 12. The summed E-state index contributed by atoms with van der Waals surface area (Å²) in [4.78, 5) is 14.5. The topological polar surface area (TPSA) is 114 Å². The van der Waals surface area contributed by atoms with E-state index in [0.29, 0.717) is 30.0 Å². The molecule has 202 valence electrons. The van der Waals surface area contributed by atoms with E-state index >= 15 is 0 Å². The third kappa shape index (κ3) is 6.16. The van der Waals surface area contributed by atoms with E-state index in [9.17, 15) is 22.7 Å². The predicted molar refractivity (Wildman–Crippen MR) is 135 cm³/mol. The third-order valence-corrected chi connectivity index (χ3v) is 8.43. The fourth-order valence-electron chi connectivity index (χ4n) is 5.16. The van der Waals surface area contributed by atoms with E-state index in [0.717, 1.165) is 18.4 Å². The lowest BCUT2D eigenvalue weighted by molar-refractivity contribution is -0.143. The van der Waals surface area contributed by atoms with Crippen LogP contribution in [0.4, 0.5) is 4.39 Å². The summed E-state index contributed by atoms with van der Waals surface area (Å²) in [7, 11) is -2.08. The summed E-state index contributed by atoms with van der Waals surface area (Å²) in [6, 6.07) is 9.11. The average molecular weight is 537 g/mol. The van der Waals surface area contributed by atoms with E-state index in [1.807, 2.05) is 17.9 Å². The van der Waals surface area contributed by atoms with Crippen molar-refractivity contribution in [1.29, 1.82) is 0 Å². The standard InChI is InChI=1S/C26H33FN2O7S/c1-3-4-5-12-37(32,33)28-10-11-29-15-19(17-6-9-22-23(14-17)36-16-35-22)24(26(30)31)25(29)18-7-8-21(34-2)20(27)13-18/h6-9,13-14,19,24-25,28H,3-5,10-12,15-16H2,1-2H3,(H,30,31)/t19-,24-,25+/m1/s1. The predicted octanol–water partition coefficient (Wildman–Crippen LogP) is 3.51. The minimum absolute atomic E-state index is 0.0472. The number of hydrogen-bond acceptors (Lipinski definition) is 7. The van der Waals surface area contributed by atoms with E-state index < -0.39 is 39.7 Å². The maximum absolute atomic E-state index is 14.7. The number of benzene rings is 2. The van der Waals surface area contributed by atoms with E-state index in [1.165, 1.54) is 19.2 Å². The van der Waals surface area contributed by atoms with Crippen molar-refractivity contribution < 1.29 is 36.9 Å². The van der Waals surface area contributed by atoms with Crippen LogP contribution in [0.5, 0.6) is 17.2 Å². The van der Waals surface area contributed by atoms with Gasteiger partial charge in [-0.15, -0.1) is 0 Å². The van der Waals surface area contributed by atoms with Crippen LogP contribution in [0.1, 0.15) is 49.3 Å². The molecule has 0 unspecified atom stereocenters. The molecule has 2 N–H and O–H groups in total. The van der Waals surface area contributed by atoms with Crippen LogP contribution in [0.25, 0.3) is 0 Å². The summed E-state index contributed by atoms with van der Waals surface area (Å²) in [5, 5.41) is 10.3. The Morgan fingerprint density at radius 3 is 2.62 bits per heavy atom. The molecule has 37 heavy (non-hydrogen) atoms. The fourth-order valence-corrected chi connectivity index (χ4v) is 6.30. The number of unbranched alkanes of at least 4 members (excludes halogenated alkanes) is 2. The molecule has 0 radical (unpaired) electrons. The normalized spacial score (nSPS) is 21.3. The minimum Gasteiger partial charge on any atom is -0.494 e. The molecule has 0 spiro atoms. The van der Waals surface area contributed by atoms with E-state index in [2.05, 4.69) is 4.72 Å². The van der Waals surface area contributed by atoms with Crippen LogP contribution in [0.3, 0.4) is 0 Å². The molecule has 0 aromatic heterocycles. The van der Waals surface area contributed by atoms with Crippen molar-refractivity contribution in [3.8, 4) is 17.2 Å². The lowest BCUT2D eigenvalue weighted by atomic mass is 9.82. The summed E-state index contributed by atoms with van der Waals surface area (Å²) >= 11 is 0. The number of carboxylic acids is 1. The second kappa shape index (κ2) is 11.7. The molecule has 0 bridgehead atoms. The second-order valence-electron chi connectivity index (χ2n) is 9.34. The molecule has 2 aromatic carbocycles. The molecule has 1 saturated heterocycles. The smallest absolute Gasteiger partial charge is 0.309 e. The number of halogens is 1. The molecule has 2 aliphatic rings. The van der Waals surface area contributed by atoms with Gasteiger partial charge in [-0.1, -0.05) is 31.9 Å². The Kier molecular flexibility index (Phi) is 8.56. The molecule has 3 atom stereocenters. The Hall–Kier alpha value is -2.89. The van der Waals surface area contributed by atoms with E-state index in [-0.39, 0.29) is 31.4 Å². The van der Waals surface area contributed by atoms with Crippen LogP contribution in [-0.4, -0.2) is 63.7 Å². The van der Waals surface area contributed by atoms with Gasteiger partial charge in [0.05, 0.1) is 18.8 Å². The molecule has 0 aliphatic carbocycles. The molecule has 9 nitrogen and oxygen atoms in total. The number of nitrogens with zero attached hydrogens (tertiary/aromatic N) is 1. The van der Waals surface area contributed by atoms with Gasteiger partial charge in [0.1, 0.15) is 0 Å². The maximum atomic E-state index is 14.7. The molecular formula is C26H33FN2O7S. The summed E-state index contributed by atoms with van der Waals surface area (Å²) in [6.07, 6.45) is 2.33. The van der Waals surface area contributed by atoms with Crippen LogP contribution < -0.4 is 18.9 Å². The third-order valence-electron chi connectivity index (χ3n) is 6.96. The van der Waals surface area contributed by atoms with Crippen LogP contribution in [0, 0.1) is 11.7 Å². The van der Waals surface area contributed by atoms with Gasteiger partial charge >= 0.3 is 5.97 Å². The van der Waals surface area contributed by atoms with Crippen molar-refractivity contribution in [2.75, 3.05) is 39.3 Å². The first kappa shape index (κ1) is 27.2. The summed E-state index contributed by atoms with van der Waals surface area (Å²) in [5.41, 5.74) is 1.25. The number of fused-ring (bicyclic) bond motifs is 1. The zero-order valence-corrected chi connectivity index (χ0v) is 21.8. The number of hydrogen-bond donors (Lipinski definition) is 2. The molecule has 2 heterocycles. The molecule has 4 rings (SSSR count). The van der Waals surface area contributed by atoms with E-state index in [4.69, 9.17) is 14.2 Å². The zero-order chi connectivity index (χ0) is 26.6. The van der Waals surface area contributed by atoms with Crippen LogP contribution in [0.2, 0.25) is 0 Å². The number of sulfonamides is 1. The minimum atomic E-state index is -3.45. The average Bonchev–Trinajstić information content (AvgIpc) is 3.48. The van der Waals surface area contributed by atoms with Crippen molar-refractivity contribution in [1.82, 2.24) is 9.62 Å². The first-order valence-electron chi connectivity index (χ1n) is 12.4. The first-order chi connectivity index (χ1) is 17.7. The highest BCUT2D eigenvalue weighted by Crippen LogP contribution is 2.47. The summed E-state index contributed by atoms with van der Waals surface area (Å²) in [5.74, 6) is -1.71. The van der Waals surface area contributed by atoms with Gasteiger partial charge in [0.25, 0.3) is 0 Å². The maximum Gasteiger partial charge on any atom is 0.309 e. The Morgan fingerprint density at radius 1 is 1.16 bits per heavy atom. The molecule has 1 fully saturated rings. The fraction of sp³-hybridized carbons (Fsp3) is 0.500. The van der Waals surface area contributed by atoms with Crippen LogP contribution >= 0.6 is 0 Å². The van der Waals surface area contributed by atoms with Gasteiger partial charge < -0.3 is 19.3 Å². The number of ether oxygens (including phenoxy) is 3. The number of methoxy groups -OCH3 is 1. The van der Waals surface area contributed by atoms with Crippen molar-refractivity contribution in [2.24, 2.45) is 5.92 Å². The van der Waals surface area contributed by atoms with Crippen molar-refractivity contribution in [3.63, 3.8) is 0 Å². The summed E-state index contributed by atoms with van der Waals surface area (Å²) in [6.45, 7) is 2.82. The monoisotopic (exact) mass is 536 g/mol. The largest absolute Gasteiger partial charge is 0.494 e. The molecular weight excluding hydrogens is 503 g/mol. The highest BCUT2D eigenvalue weighted by Gasteiger charge is 2.47. The molecule has 0 saturated carbocycles. The lowest BCUT2D eigenvalue weighted by Gasteiger charge is -2.27. The Morgan fingerprint density at radius 2 is 1.92 bits per heavy atom. The Labute approximate surface area is 216 Å². The van der Waals surface area contributed by atoms with Gasteiger partial charge in [-0.2, -0.15) is 0 Å².